The third-order valence-electron chi connectivity index (χ3n) is 3.55. The first kappa shape index (κ1) is 14.3. The second kappa shape index (κ2) is 5.87. The highest BCUT2D eigenvalue weighted by atomic mass is 15.3. The molecular weight excluding hydrogens is 236 g/mol. The molecule has 0 saturated carbocycles. The van der Waals surface area contributed by atoms with E-state index < -0.39 is 0 Å². The fourth-order valence-corrected chi connectivity index (χ4v) is 2.40. The zero-order valence-corrected chi connectivity index (χ0v) is 12.7. The lowest BCUT2D eigenvalue weighted by atomic mass is 9.96. The van der Waals surface area contributed by atoms with Gasteiger partial charge < -0.3 is 4.90 Å². The van der Waals surface area contributed by atoms with Crippen LogP contribution in [-0.4, -0.2) is 47.6 Å². The van der Waals surface area contributed by atoms with Gasteiger partial charge in [-0.25, -0.2) is 9.97 Å². The predicted octanol–water partition coefficient (Wildman–Crippen LogP) is 2.31. The Bertz CT molecular complexity index is 403. The average Bonchev–Trinajstić information content (AvgIpc) is 2.39. The van der Waals surface area contributed by atoms with Crippen LogP contribution in [0.3, 0.4) is 0 Å². The molecule has 1 aromatic heterocycles. The van der Waals surface area contributed by atoms with Crippen molar-refractivity contribution in [2.45, 2.75) is 39.5 Å². The van der Waals surface area contributed by atoms with Crippen LogP contribution in [0.25, 0.3) is 0 Å². The third-order valence-corrected chi connectivity index (χ3v) is 3.55. The van der Waals surface area contributed by atoms with Gasteiger partial charge in [0.05, 0.1) is 0 Å². The lowest BCUT2D eigenvalue weighted by molar-refractivity contribution is 0.258. The van der Waals surface area contributed by atoms with Gasteiger partial charge in [0, 0.05) is 37.8 Å². The van der Waals surface area contributed by atoms with Gasteiger partial charge >= 0.3 is 0 Å². The summed E-state index contributed by atoms with van der Waals surface area (Å²) in [4.78, 5) is 14.0. The summed E-state index contributed by atoms with van der Waals surface area (Å²) in [6.45, 7) is 14.4. The van der Waals surface area contributed by atoms with Crippen molar-refractivity contribution in [3.05, 3.63) is 18.1 Å². The number of nitrogens with zero attached hydrogens (tertiary/aromatic N) is 4. The van der Waals surface area contributed by atoms with E-state index in [9.17, 15) is 0 Å². The first-order valence-corrected chi connectivity index (χ1v) is 7.31. The molecule has 0 bridgehead atoms. The Balaban J connectivity index is 2.03. The van der Waals surface area contributed by atoms with Crippen molar-refractivity contribution in [1.29, 1.82) is 0 Å². The second-order valence-electron chi connectivity index (χ2n) is 6.32. The van der Waals surface area contributed by atoms with Gasteiger partial charge in [-0.1, -0.05) is 27.7 Å². The predicted molar refractivity (Wildman–Crippen MR) is 79.7 cm³/mol. The van der Waals surface area contributed by atoms with Gasteiger partial charge in [0.1, 0.15) is 11.6 Å². The molecule has 0 radical (unpaired) electrons. The standard InChI is InChI=1S/C15H26N4/c1-5-8-18-9-11-19(12-10-18)13-6-7-16-14(17-13)15(2,3)4/h6-7H,5,8-12H2,1-4H3. The largest absolute Gasteiger partial charge is 0.354 e. The minimum Gasteiger partial charge on any atom is -0.354 e. The zero-order valence-electron chi connectivity index (χ0n) is 12.7. The fraction of sp³-hybridized carbons (Fsp3) is 0.733. The van der Waals surface area contributed by atoms with Crippen molar-refractivity contribution in [3.63, 3.8) is 0 Å². The van der Waals surface area contributed by atoms with Crippen molar-refractivity contribution >= 4 is 5.82 Å². The number of piperazine rings is 1. The maximum Gasteiger partial charge on any atom is 0.135 e. The van der Waals surface area contributed by atoms with E-state index >= 15 is 0 Å². The Labute approximate surface area is 116 Å². The molecule has 0 aromatic carbocycles. The van der Waals surface area contributed by atoms with Gasteiger partial charge in [0.2, 0.25) is 0 Å². The SMILES string of the molecule is CCCN1CCN(c2ccnc(C(C)(C)C)n2)CC1. The minimum absolute atomic E-state index is 0.0139. The van der Waals surface area contributed by atoms with Crippen LogP contribution in [-0.2, 0) is 5.41 Å². The van der Waals surface area contributed by atoms with Gasteiger partial charge in [-0.05, 0) is 19.0 Å². The fourth-order valence-electron chi connectivity index (χ4n) is 2.40. The molecule has 19 heavy (non-hydrogen) atoms. The second-order valence-corrected chi connectivity index (χ2v) is 6.32. The van der Waals surface area contributed by atoms with E-state index in [1.54, 1.807) is 0 Å². The molecule has 0 spiro atoms. The van der Waals surface area contributed by atoms with E-state index in [4.69, 9.17) is 4.98 Å². The van der Waals surface area contributed by atoms with Crippen LogP contribution in [0.15, 0.2) is 12.3 Å². The van der Waals surface area contributed by atoms with E-state index in [1.807, 2.05) is 12.3 Å². The van der Waals surface area contributed by atoms with Crippen molar-refractivity contribution in [1.82, 2.24) is 14.9 Å². The van der Waals surface area contributed by atoms with Gasteiger partial charge in [0.25, 0.3) is 0 Å². The van der Waals surface area contributed by atoms with Crippen LogP contribution in [0.2, 0.25) is 0 Å². The van der Waals surface area contributed by atoms with Gasteiger partial charge in [-0.3, -0.25) is 4.90 Å². The summed E-state index contributed by atoms with van der Waals surface area (Å²) in [5.41, 5.74) is 0.0139. The van der Waals surface area contributed by atoms with E-state index in [2.05, 4.69) is 42.5 Å². The van der Waals surface area contributed by atoms with Crippen LogP contribution in [0.1, 0.15) is 39.9 Å². The summed E-state index contributed by atoms with van der Waals surface area (Å²) in [5, 5.41) is 0. The molecule has 0 N–H and O–H groups in total. The molecule has 1 saturated heterocycles. The van der Waals surface area contributed by atoms with Crippen molar-refractivity contribution in [2.75, 3.05) is 37.6 Å². The van der Waals surface area contributed by atoms with E-state index in [0.29, 0.717) is 0 Å². The highest BCUT2D eigenvalue weighted by Gasteiger charge is 2.21. The van der Waals surface area contributed by atoms with Crippen LogP contribution in [0, 0.1) is 0 Å². The molecule has 4 heteroatoms. The minimum atomic E-state index is 0.0139. The number of anilines is 1. The highest BCUT2D eigenvalue weighted by molar-refractivity contribution is 5.38. The number of hydrogen-bond acceptors (Lipinski definition) is 4. The normalized spacial score (nSPS) is 17.8. The molecule has 2 heterocycles. The van der Waals surface area contributed by atoms with Crippen molar-refractivity contribution < 1.29 is 0 Å². The molecule has 106 valence electrons. The number of aromatic nitrogens is 2. The van der Waals surface area contributed by atoms with Crippen LogP contribution in [0.5, 0.6) is 0 Å². The Hall–Kier alpha value is -1.16. The summed E-state index contributed by atoms with van der Waals surface area (Å²) in [6.07, 6.45) is 3.13. The zero-order chi connectivity index (χ0) is 13.9. The molecule has 0 aliphatic carbocycles. The summed E-state index contributed by atoms with van der Waals surface area (Å²) in [5.74, 6) is 2.01. The summed E-state index contributed by atoms with van der Waals surface area (Å²) in [6, 6.07) is 2.03. The van der Waals surface area contributed by atoms with Gasteiger partial charge in [-0.2, -0.15) is 0 Å². The maximum absolute atomic E-state index is 4.74. The third kappa shape index (κ3) is 3.66. The lowest BCUT2D eigenvalue weighted by Crippen LogP contribution is -2.47. The smallest absolute Gasteiger partial charge is 0.135 e. The molecule has 0 atom stereocenters. The first-order chi connectivity index (χ1) is 9.00. The van der Waals surface area contributed by atoms with E-state index in [-0.39, 0.29) is 5.41 Å². The monoisotopic (exact) mass is 262 g/mol. The summed E-state index contributed by atoms with van der Waals surface area (Å²) < 4.78 is 0. The lowest BCUT2D eigenvalue weighted by Gasteiger charge is -2.35. The molecule has 1 aromatic rings. The van der Waals surface area contributed by atoms with E-state index in [0.717, 1.165) is 37.8 Å². The molecule has 0 amide bonds. The first-order valence-electron chi connectivity index (χ1n) is 7.31. The molecular formula is C15H26N4. The van der Waals surface area contributed by atoms with Crippen LogP contribution in [0.4, 0.5) is 5.82 Å². The Morgan fingerprint density at radius 3 is 2.42 bits per heavy atom. The van der Waals surface area contributed by atoms with Crippen LogP contribution < -0.4 is 4.90 Å². The quantitative estimate of drug-likeness (QED) is 0.837. The van der Waals surface area contributed by atoms with Crippen LogP contribution >= 0.6 is 0 Å². The summed E-state index contributed by atoms with van der Waals surface area (Å²) in [7, 11) is 0. The molecule has 1 aliphatic rings. The van der Waals surface area contributed by atoms with Crippen molar-refractivity contribution in [2.24, 2.45) is 0 Å². The summed E-state index contributed by atoms with van der Waals surface area (Å²) >= 11 is 0. The molecule has 4 nitrogen and oxygen atoms in total. The number of rotatable bonds is 3. The maximum atomic E-state index is 4.74. The Morgan fingerprint density at radius 2 is 1.84 bits per heavy atom. The number of hydrogen-bond donors (Lipinski definition) is 0. The molecule has 1 aliphatic heterocycles. The van der Waals surface area contributed by atoms with Gasteiger partial charge in [-0.15, -0.1) is 0 Å². The van der Waals surface area contributed by atoms with Gasteiger partial charge in [0.15, 0.2) is 0 Å². The van der Waals surface area contributed by atoms with Crippen molar-refractivity contribution in [3.8, 4) is 0 Å². The molecule has 2 rings (SSSR count). The average molecular weight is 262 g/mol. The molecule has 0 unspecified atom stereocenters. The Morgan fingerprint density at radius 1 is 1.16 bits per heavy atom. The Kier molecular flexibility index (Phi) is 4.40. The highest BCUT2D eigenvalue weighted by Crippen LogP contribution is 2.21. The molecule has 1 fully saturated rings. The van der Waals surface area contributed by atoms with E-state index in [1.165, 1.54) is 13.0 Å². The topological polar surface area (TPSA) is 32.3 Å².